The molecule has 0 bridgehead atoms. The van der Waals surface area contributed by atoms with E-state index in [4.69, 9.17) is 14.2 Å². The van der Waals surface area contributed by atoms with Crippen LogP contribution in [0.1, 0.15) is 11.1 Å². The van der Waals surface area contributed by atoms with E-state index in [0.29, 0.717) is 34.0 Å². The minimum Gasteiger partial charge on any atom is -0.490 e. The molecule has 0 aliphatic heterocycles. The third-order valence-electron chi connectivity index (χ3n) is 5.85. The van der Waals surface area contributed by atoms with Crippen molar-refractivity contribution in [2.24, 2.45) is 0 Å². The van der Waals surface area contributed by atoms with Crippen LogP contribution in [-0.2, 0) is 4.74 Å². The molecule has 5 aromatic rings. The maximum Gasteiger partial charge on any atom is 0.411 e. The zero-order valence-corrected chi connectivity index (χ0v) is 21.1. The quantitative estimate of drug-likeness (QED) is 0.209. The molecule has 0 saturated carbocycles. The van der Waals surface area contributed by atoms with Gasteiger partial charge in [0.25, 0.3) is 0 Å². The highest BCUT2D eigenvalue weighted by atomic mass is 16.6. The summed E-state index contributed by atoms with van der Waals surface area (Å²) < 4.78 is 18.3. The summed E-state index contributed by atoms with van der Waals surface area (Å²) in [6.07, 6.45) is 2.54. The Morgan fingerprint density at radius 2 is 1.59 bits per heavy atom. The Bertz CT molecular complexity index is 1610. The van der Waals surface area contributed by atoms with E-state index in [-0.39, 0.29) is 13.2 Å². The Hall–Kier alpha value is -5.49. The molecule has 3 aromatic carbocycles. The highest BCUT2D eigenvalue weighted by Crippen LogP contribution is 2.33. The molecule has 0 spiro atoms. The molecule has 2 N–H and O–H groups in total. The van der Waals surface area contributed by atoms with Gasteiger partial charge in [-0.1, -0.05) is 36.4 Å². The molecule has 0 fully saturated rings. The molecule has 0 aliphatic rings. The molecular formula is C30H25N5O4. The van der Waals surface area contributed by atoms with E-state index in [0.717, 1.165) is 17.0 Å². The lowest BCUT2D eigenvalue weighted by atomic mass is 10.1. The minimum atomic E-state index is -0.616. The monoisotopic (exact) mass is 519 g/mol. The maximum absolute atomic E-state index is 12.4. The molecule has 39 heavy (non-hydrogen) atoms. The largest absolute Gasteiger partial charge is 0.490 e. The third-order valence-corrected chi connectivity index (χ3v) is 5.85. The van der Waals surface area contributed by atoms with Crippen molar-refractivity contribution in [3.8, 4) is 23.3 Å². The van der Waals surface area contributed by atoms with E-state index in [1.54, 1.807) is 10.7 Å². The summed E-state index contributed by atoms with van der Waals surface area (Å²) in [5, 5.41) is 20.2. The molecular weight excluding hydrogens is 494 g/mol. The van der Waals surface area contributed by atoms with Crippen molar-refractivity contribution < 1.29 is 19.0 Å². The molecule has 9 heteroatoms. The molecule has 1 amide bonds. The minimum absolute atomic E-state index is 0.0841. The molecule has 0 unspecified atom stereocenters. The van der Waals surface area contributed by atoms with Crippen molar-refractivity contribution in [3.05, 3.63) is 108 Å². The second-order valence-electron chi connectivity index (χ2n) is 8.49. The summed E-state index contributed by atoms with van der Waals surface area (Å²) in [5.74, 6) is 2.13. The van der Waals surface area contributed by atoms with Crippen LogP contribution in [0.3, 0.4) is 0 Å². The molecule has 0 atom stereocenters. The molecule has 0 aliphatic carbocycles. The Morgan fingerprint density at radius 1 is 0.923 bits per heavy atom. The number of hydrogen-bond acceptors (Lipinski definition) is 7. The van der Waals surface area contributed by atoms with E-state index in [1.165, 1.54) is 6.20 Å². The number of amides is 1. The molecule has 5 rings (SSSR count). The van der Waals surface area contributed by atoms with E-state index in [1.807, 2.05) is 91.9 Å². The Kier molecular flexibility index (Phi) is 7.56. The van der Waals surface area contributed by atoms with Crippen LogP contribution in [0.5, 0.6) is 17.2 Å². The zero-order valence-electron chi connectivity index (χ0n) is 21.1. The third kappa shape index (κ3) is 6.09. The summed E-state index contributed by atoms with van der Waals surface area (Å²) in [6, 6.07) is 28.4. The van der Waals surface area contributed by atoms with Gasteiger partial charge in [0.05, 0.1) is 34.8 Å². The van der Waals surface area contributed by atoms with Gasteiger partial charge in [0.15, 0.2) is 0 Å². The lowest BCUT2D eigenvalue weighted by Crippen LogP contribution is -2.17. The second-order valence-corrected chi connectivity index (χ2v) is 8.49. The Balaban J connectivity index is 1.28. The van der Waals surface area contributed by atoms with Gasteiger partial charge in [0, 0.05) is 11.3 Å². The fourth-order valence-corrected chi connectivity index (χ4v) is 3.96. The number of ether oxygens (including phenoxy) is 3. The molecule has 0 saturated heterocycles. The number of rotatable bonds is 9. The standard InChI is InChI=1S/C30H25N5O4/c1-21-27(34-30(36)38-17-16-37-24-8-4-2-5-9-24)20-35-29(21)28(22(18-31)19-32-35)33-23-12-14-26(15-13-23)39-25-10-6-3-7-11-25/h2-15,19-20,33H,16-17H2,1H3,(H,34,36). The number of aromatic nitrogens is 2. The first-order valence-electron chi connectivity index (χ1n) is 12.2. The number of benzene rings is 3. The summed E-state index contributed by atoms with van der Waals surface area (Å²) in [6.45, 7) is 2.15. The summed E-state index contributed by atoms with van der Waals surface area (Å²) in [4.78, 5) is 12.4. The van der Waals surface area contributed by atoms with E-state index in [2.05, 4.69) is 21.8 Å². The highest BCUT2D eigenvalue weighted by Gasteiger charge is 2.18. The van der Waals surface area contributed by atoms with Gasteiger partial charge >= 0.3 is 6.09 Å². The first kappa shape index (κ1) is 25.2. The molecule has 9 nitrogen and oxygen atoms in total. The number of carbonyl (C=O) groups excluding carboxylic acids is 1. The topological polar surface area (TPSA) is 110 Å². The van der Waals surface area contributed by atoms with Gasteiger partial charge in [-0.2, -0.15) is 10.4 Å². The van der Waals surface area contributed by atoms with Crippen LogP contribution in [0.4, 0.5) is 21.9 Å². The van der Waals surface area contributed by atoms with Gasteiger partial charge in [-0.3, -0.25) is 5.32 Å². The molecule has 194 valence electrons. The van der Waals surface area contributed by atoms with Gasteiger partial charge in [-0.05, 0) is 55.5 Å². The van der Waals surface area contributed by atoms with Crippen molar-refractivity contribution in [2.75, 3.05) is 23.8 Å². The van der Waals surface area contributed by atoms with Gasteiger partial charge in [0.1, 0.15) is 36.5 Å². The van der Waals surface area contributed by atoms with Crippen LogP contribution in [-0.4, -0.2) is 28.9 Å². The van der Waals surface area contributed by atoms with Gasteiger partial charge < -0.3 is 19.5 Å². The van der Waals surface area contributed by atoms with Crippen LogP contribution in [0.15, 0.2) is 97.3 Å². The van der Waals surface area contributed by atoms with Crippen molar-refractivity contribution in [1.82, 2.24) is 9.61 Å². The fraction of sp³-hybridized carbons (Fsp3) is 0.100. The average Bonchev–Trinajstić information content (AvgIpc) is 3.28. The van der Waals surface area contributed by atoms with Crippen LogP contribution in [0, 0.1) is 18.3 Å². The van der Waals surface area contributed by atoms with Crippen LogP contribution >= 0.6 is 0 Å². The number of fused-ring (bicyclic) bond motifs is 1. The number of nitriles is 1. The second kappa shape index (κ2) is 11.7. The average molecular weight is 520 g/mol. The van der Waals surface area contributed by atoms with Crippen molar-refractivity contribution in [1.29, 1.82) is 5.26 Å². The number of aryl methyl sites for hydroxylation is 1. The van der Waals surface area contributed by atoms with Gasteiger partial charge in [-0.25, -0.2) is 9.31 Å². The number of nitrogens with zero attached hydrogens (tertiary/aromatic N) is 3. The summed E-state index contributed by atoms with van der Waals surface area (Å²) >= 11 is 0. The fourth-order valence-electron chi connectivity index (χ4n) is 3.96. The maximum atomic E-state index is 12.4. The van der Waals surface area contributed by atoms with Crippen LogP contribution < -0.4 is 20.1 Å². The first-order chi connectivity index (χ1) is 19.1. The predicted octanol–water partition coefficient (Wildman–Crippen LogP) is 6.68. The molecule has 2 heterocycles. The van der Waals surface area contributed by atoms with Crippen LogP contribution in [0.25, 0.3) is 5.52 Å². The van der Waals surface area contributed by atoms with Crippen LogP contribution in [0.2, 0.25) is 0 Å². The summed E-state index contributed by atoms with van der Waals surface area (Å²) in [7, 11) is 0. The van der Waals surface area contributed by atoms with Gasteiger partial charge in [0.2, 0.25) is 0 Å². The zero-order chi connectivity index (χ0) is 27.0. The van der Waals surface area contributed by atoms with Gasteiger partial charge in [-0.15, -0.1) is 0 Å². The summed E-state index contributed by atoms with van der Waals surface area (Å²) in [5.41, 5.74) is 3.58. The molecule has 2 aromatic heterocycles. The van der Waals surface area contributed by atoms with Crippen molar-refractivity contribution in [3.63, 3.8) is 0 Å². The lowest BCUT2D eigenvalue weighted by molar-refractivity contribution is 0.138. The van der Waals surface area contributed by atoms with E-state index in [9.17, 15) is 10.1 Å². The number of hydrogen-bond donors (Lipinski definition) is 2. The smallest absolute Gasteiger partial charge is 0.411 e. The van der Waals surface area contributed by atoms with E-state index >= 15 is 0 Å². The SMILES string of the molecule is Cc1c(NC(=O)OCCOc2ccccc2)cn2ncc(C#N)c(Nc3ccc(Oc4ccccc4)cc3)c12. The van der Waals surface area contributed by atoms with Crippen molar-refractivity contribution in [2.45, 2.75) is 6.92 Å². The first-order valence-corrected chi connectivity index (χ1v) is 12.2. The Morgan fingerprint density at radius 3 is 2.28 bits per heavy atom. The predicted molar refractivity (Wildman–Crippen MR) is 148 cm³/mol. The normalized spacial score (nSPS) is 10.5. The van der Waals surface area contributed by atoms with Crippen molar-refractivity contribution >= 4 is 28.7 Å². The number of anilines is 3. The van der Waals surface area contributed by atoms with E-state index < -0.39 is 6.09 Å². The Labute approximate surface area is 225 Å². The molecule has 0 radical (unpaired) electrons. The number of carbonyl (C=O) groups is 1. The lowest BCUT2D eigenvalue weighted by Gasteiger charge is -2.12. The number of para-hydroxylation sites is 2. The number of nitrogens with one attached hydrogen (secondary N) is 2. The highest BCUT2D eigenvalue weighted by molar-refractivity contribution is 5.92.